The number of ether oxygens (including phenoxy) is 2. The molecule has 0 aliphatic carbocycles. The molecule has 2 aliphatic rings. The fourth-order valence-electron chi connectivity index (χ4n) is 3.34. The van der Waals surface area contributed by atoms with E-state index in [0.29, 0.717) is 18.4 Å². The third kappa shape index (κ3) is 2.18. The van der Waals surface area contributed by atoms with Crippen molar-refractivity contribution in [2.24, 2.45) is 0 Å². The molecule has 3 nitrogen and oxygen atoms in total. The van der Waals surface area contributed by atoms with E-state index in [-0.39, 0.29) is 11.7 Å². The summed E-state index contributed by atoms with van der Waals surface area (Å²) in [4.78, 5) is 2.39. The van der Waals surface area contributed by atoms with Crippen LogP contribution in [0.15, 0.2) is 12.1 Å². The van der Waals surface area contributed by atoms with Crippen molar-refractivity contribution in [1.29, 1.82) is 0 Å². The van der Waals surface area contributed by atoms with Gasteiger partial charge in [-0.3, -0.25) is 0 Å². The Kier molecular flexibility index (Phi) is 3.35. The maximum atomic E-state index is 13.8. The standard InChI is InChI=1S/C15H20FNO2/c1-17-7-3-4-11(17)8-10-9-19-13-6-5-12(16)15(18-2)14(10)13/h5-6,10-11H,3-4,7-9H2,1-2H3/t10-,11-/m1/s1. The van der Waals surface area contributed by atoms with Crippen molar-refractivity contribution < 1.29 is 13.9 Å². The van der Waals surface area contributed by atoms with Crippen LogP contribution >= 0.6 is 0 Å². The number of nitrogens with zero attached hydrogens (tertiary/aromatic N) is 1. The molecule has 0 bridgehead atoms. The summed E-state index contributed by atoms with van der Waals surface area (Å²) in [7, 11) is 3.69. The van der Waals surface area contributed by atoms with E-state index >= 15 is 0 Å². The molecular weight excluding hydrogens is 245 g/mol. The lowest BCUT2D eigenvalue weighted by molar-refractivity contribution is 0.256. The minimum absolute atomic E-state index is 0.242. The lowest BCUT2D eigenvalue weighted by atomic mass is 9.92. The molecule has 2 aliphatic heterocycles. The smallest absolute Gasteiger partial charge is 0.165 e. The average Bonchev–Trinajstić information content (AvgIpc) is 2.98. The Labute approximate surface area is 113 Å². The quantitative estimate of drug-likeness (QED) is 0.839. The zero-order valence-electron chi connectivity index (χ0n) is 11.5. The summed E-state index contributed by atoms with van der Waals surface area (Å²) in [6.07, 6.45) is 3.49. The molecular formula is C15H20FNO2. The topological polar surface area (TPSA) is 21.7 Å². The molecule has 4 heteroatoms. The van der Waals surface area contributed by atoms with E-state index in [1.54, 1.807) is 6.07 Å². The molecule has 0 amide bonds. The second-order valence-electron chi connectivity index (χ2n) is 5.51. The van der Waals surface area contributed by atoms with Crippen molar-refractivity contribution in [3.05, 3.63) is 23.5 Å². The molecule has 19 heavy (non-hydrogen) atoms. The molecule has 104 valence electrons. The van der Waals surface area contributed by atoms with Gasteiger partial charge in [-0.2, -0.15) is 0 Å². The van der Waals surface area contributed by atoms with Crippen molar-refractivity contribution in [3.8, 4) is 11.5 Å². The fourth-order valence-corrected chi connectivity index (χ4v) is 3.34. The number of benzene rings is 1. The van der Waals surface area contributed by atoms with Crippen LogP contribution in [-0.2, 0) is 0 Å². The molecule has 2 heterocycles. The van der Waals surface area contributed by atoms with E-state index in [9.17, 15) is 4.39 Å². The summed E-state index contributed by atoms with van der Waals surface area (Å²) in [5.41, 5.74) is 0.919. The third-order valence-corrected chi connectivity index (χ3v) is 4.39. The maximum absolute atomic E-state index is 13.8. The summed E-state index contributed by atoms with van der Waals surface area (Å²) >= 11 is 0. The van der Waals surface area contributed by atoms with E-state index in [4.69, 9.17) is 9.47 Å². The van der Waals surface area contributed by atoms with Gasteiger partial charge in [0.05, 0.1) is 13.7 Å². The number of fused-ring (bicyclic) bond motifs is 1. The Morgan fingerprint density at radius 2 is 2.32 bits per heavy atom. The van der Waals surface area contributed by atoms with Crippen LogP contribution < -0.4 is 9.47 Å². The molecule has 0 N–H and O–H groups in total. The number of hydrogen-bond donors (Lipinski definition) is 0. The van der Waals surface area contributed by atoms with E-state index in [1.165, 1.54) is 26.0 Å². The first-order chi connectivity index (χ1) is 9.20. The number of halogens is 1. The Hall–Kier alpha value is -1.29. The summed E-state index contributed by atoms with van der Waals surface area (Å²) in [6, 6.07) is 3.71. The van der Waals surface area contributed by atoms with Crippen molar-refractivity contribution >= 4 is 0 Å². The summed E-state index contributed by atoms with van der Waals surface area (Å²) < 4.78 is 24.7. The van der Waals surface area contributed by atoms with Crippen molar-refractivity contribution in [1.82, 2.24) is 4.90 Å². The highest BCUT2D eigenvalue weighted by Crippen LogP contribution is 2.44. The normalized spacial score (nSPS) is 26.3. The second-order valence-corrected chi connectivity index (χ2v) is 5.51. The number of methoxy groups -OCH3 is 1. The summed E-state index contributed by atoms with van der Waals surface area (Å²) in [5, 5.41) is 0. The molecule has 1 saturated heterocycles. The fraction of sp³-hybridized carbons (Fsp3) is 0.600. The molecule has 2 atom stereocenters. The average molecular weight is 265 g/mol. The first-order valence-corrected chi connectivity index (χ1v) is 6.90. The molecule has 1 fully saturated rings. The summed E-state index contributed by atoms with van der Waals surface area (Å²) in [5.74, 6) is 1.09. The largest absolute Gasteiger partial charge is 0.493 e. The lowest BCUT2D eigenvalue weighted by Gasteiger charge is -2.22. The minimum Gasteiger partial charge on any atom is -0.493 e. The van der Waals surface area contributed by atoms with Crippen LogP contribution in [-0.4, -0.2) is 38.3 Å². The van der Waals surface area contributed by atoms with Crippen LogP contribution in [0.5, 0.6) is 11.5 Å². The van der Waals surface area contributed by atoms with Crippen LogP contribution in [0.3, 0.4) is 0 Å². The molecule has 1 aromatic rings. The Morgan fingerprint density at radius 1 is 1.47 bits per heavy atom. The van der Waals surface area contributed by atoms with Gasteiger partial charge in [0.25, 0.3) is 0 Å². The van der Waals surface area contributed by atoms with Gasteiger partial charge in [0, 0.05) is 17.5 Å². The van der Waals surface area contributed by atoms with Crippen LogP contribution in [0.1, 0.15) is 30.7 Å². The monoisotopic (exact) mass is 265 g/mol. The first kappa shape index (κ1) is 12.7. The van der Waals surface area contributed by atoms with Crippen LogP contribution in [0.25, 0.3) is 0 Å². The van der Waals surface area contributed by atoms with Gasteiger partial charge in [-0.15, -0.1) is 0 Å². The van der Waals surface area contributed by atoms with E-state index < -0.39 is 0 Å². The molecule has 3 rings (SSSR count). The van der Waals surface area contributed by atoms with Gasteiger partial charge in [0.2, 0.25) is 0 Å². The molecule has 0 unspecified atom stereocenters. The summed E-state index contributed by atoms with van der Waals surface area (Å²) in [6.45, 7) is 1.80. The number of rotatable bonds is 3. The highest BCUT2D eigenvalue weighted by molar-refractivity contribution is 5.50. The predicted molar refractivity (Wildman–Crippen MR) is 71.5 cm³/mol. The number of likely N-dealkylation sites (tertiary alicyclic amines) is 1. The van der Waals surface area contributed by atoms with Crippen LogP contribution in [0.2, 0.25) is 0 Å². The van der Waals surface area contributed by atoms with Crippen molar-refractivity contribution in [2.45, 2.75) is 31.2 Å². The predicted octanol–water partition coefficient (Wildman–Crippen LogP) is 2.79. The Morgan fingerprint density at radius 3 is 3.00 bits per heavy atom. The van der Waals surface area contributed by atoms with Gasteiger partial charge in [0.15, 0.2) is 11.6 Å². The molecule has 0 saturated carbocycles. The Balaban J connectivity index is 1.86. The van der Waals surface area contributed by atoms with Gasteiger partial charge in [-0.25, -0.2) is 4.39 Å². The van der Waals surface area contributed by atoms with Crippen LogP contribution in [0, 0.1) is 5.82 Å². The number of hydrogen-bond acceptors (Lipinski definition) is 3. The highest BCUT2D eigenvalue weighted by atomic mass is 19.1. The van der Waals surface area contributed by atoms with Gasteiger partial charge in [0.1, 0.15) is 5.75 Å². The first-order valence-electron chi connectivity index (χ1n) is 6.90. The van der Waals surface area contributed by atoms with E-state index in [1.807, 2.05) is 0 Å². The molecule has 1 aromatic carbocycles. The molecule has 0 spiro atoms. The van der Waals surface area contributed by atoms with Gasteiger partial charge < -0.3 is 14.4 Å². The third-order valence-electron chi connectivity index (χ3n) is 4.39. The van der Waals surface area contributed by atoms with Crippen molar-refractivity contribution in [3.63, 3.8) is 0 Å². The Bertz CT molecular complexity index is 477. The van der Waals surface area contributed by atoms with Gasteiger partial charge >= 0.3 is 0 Å². The zero-order valence-corrected chi connectivity index (χ0v) is 11.5. The van der Waals surface area contributed by atoms with E-state index in [2.05, 4.69) is 11.9 Å². The van der Waals surface area contributed by atoms with Gasteiger partial charge in [-0.1, -0.05) is 0 Å². The second kappa shape index (κ2) is 5.00. The molecule has 0 radical (unpaired) electrons. The zero-order chi connectivity index (χ0) is 13.4. The minimum atomic E-state index is -0.295. The lowest BCUT2D eigenvalue weighted by Crippen LogP contribution is -2.27. The van der Waals surface area contributed by atoms with Crippen LogP contribution in [0.4, 0.5) is 4.39 Å². The van der Waals surface area contributed by atoms with Gasteiger partial charge in [-0.05, 0) is 45.0 Å². The van der Waals surface area contributed by atoms with Crippen molar-refractivity contribution in [2.75, 3.05) is 27.3 Å². The SMILES string of the molecule is COc1c(F)ccc2c1[C@H](C[C@H]1CCCN1C)CO2. The highest BCUT2D eigenvalue weighted by Gasteiger charge is 2.33. The maximum Gasteiger partial charge on any atom is 0.165 e. The van der Waals surface area contributed by atoms with E-state index in [0.717, 1.165) is 24.3 Å². The molecule has 0 aromatic heterocycles.